The molecule has 2 rings (SSSR count). The molecule has 24 heavy (non-hydrogen) atoms. The molecule has 6 heteroatoms. The second kappa shape index (κ2) is 8.36. The first kappa shape index (κ1) is 17.8. The molecule has 0 radical (unpaired) electrons. The summed E-state index contributed by atoms with van der Waals surface area (Å²) in [5.41, 5.74) is 4.17. The van der Waals surface area contributed by atoms with Gasteiger partial charge in [-0.2, -0.15) is 5.10 Å². The lowest BCUT2D eigenvalue weighted by molar-refractivity contribution is -0.127. The number of hydrazone groups is 1. The van der Waals surface area contributed by atoms with Gasteiger partial charge in [0.1, 0.15) is 11.5 Å². The van der Waals surface area contributed by atoms with Gasteiger partial charge in [0.15, 0.2) is 6.10 Å². The minimum absolute atomic E-state index is 0.339. The Labute approximate surface area is 146 Å². The smallest absolute Gasteiger partial charge is 0.280 e. The van der Waals surface area contributed by atoms with E-state index in [1.165, 1.54) is 0 Å². The Balaban J connectivity index is 1.89. The lowest BCUT2D eigenvalue weighted by Crippen LogP contribution is -2.33. The standard InChI is InChI=1S/C18H19ClN2O3/c1-12-10-15(19)6-9-17(12)24-13(2)18(22)21-20-11-14-4-7-16(23-3)8-5-14/h4-11,13H,1-3H3,(H,21,22). The number of ether oxygens (including phenoxy) is 2. The van der Waals surface area contributed by atoms with Crippen LogP contribution in [0.1, 0.15) is 18.1 Å². The minimum atomic E-state index is -0.683. The fraction of sp³-hybridized carbons (Fsp3) is 0.222. The molecule has 1 unspecified atom stereocenters. The summed E-state index contributed by atoms with van der Waals surface area (Å²) < 4.78 is 10.7. The van der Waals surface area contributed by atoms with E-state index in [2.05, 4.69) is 10.5 Å². The molecule has 5 nitrogen and oxygen atoms in total. The maximum atomic E-state index is 12.0. The Morgan fingerprint density at radius 1 is 1.25 bits per heavy atom. The third-order valence-electron chi connectivity index (χ3n) is 3.31. The second-order valence-electron chi connectivity index (χ2n) is 5.18. The van der Waals surface area contributed by atoms with Crippen molar-refractivity contribution in [2.45, 2.75) is 20.0 Å². The average molecular weight is 347 g/mol. The largest absolute Gasteiger partial charge is 0.497 e. The lowest BCUT2D eigenvalue weighted by atomic mass is 10.2. The zero-order valence-corrected chi connectivity index (χ0v) is 14.5. The number of nitrogens with zero attached hydrogens (tertiary/aromatic N) is 1. The van der Waals surface area contributed by atoms with Gasteiger partial charge in [0.25, 0.3) is 5.91 Å². The van der Waals surface area contributed by atoms with Gasteiger partial charge in [-0.1, -0.05) is 11.6 Å². The molecule has 0 aromatic heterocycles. The highest BCUT2D eigenvalue weighted by atomic mass is 35.5. The number of carbonyl (C=O) groups excluding carboxylic acids is 1. The van der Waals surface area contributed by atoms with Gasteiger partial charge in [0, 0.05) is 5.02 Å². The van der Waals surface area contributed by atoms with E-state index < -0.39 is 6.10 Å². The van der Waals surface area contributed by atoms with Crippen LogP contribution in [0.5, 0.6) is 11.5 Å². The molecule has 2 aromatic carbocycles. The predicted octanol–water partition coefficient (Wildman–Crippen LogP) is 3.57. The van der Waals surface area contributed by atoms with E-state index in [0.717, 1.165) is 16.9 Å². The highest BCUT2D eigenvalue weighted by Crippen LogP contribution is 2.22. The van der Waals surface area contributed by atoms with Crippen molar-refractivity contribution in [3.8, 4) is 11.5 Å². The molecule has 126 valence electrons. The van der Waals surface area contributed by atoms with Crippen molar-refractivity contribution in [2.75, 3.05) is 7.11 Å². The van der Waals surface area contributed by atoms with Crippen molar-refractivity contribution in [1.29, 1.82) is 0 Å². The van der Waals surface area contributed by atoms with Crippen molar-refractivity contribution in [3.63, 3.8) is 0 Å². The monoisotopic (exact) mass is 346 g/mol. The van der Waals surface area contributed by atoms with Crippen LogP contribution in [-0.2, 0) is 4.79 Å². The van der Waals surface area contributed by atoms with Crippen LogP contribution < -0.4 is 14.9 Å². The van der Waals surface area contributed by atoms with Gasteiger partial charge < -0.3 is 9.47 Å². The molecule has 2 aromatic rings. The quantitative estimate of drug-likeness (QED) is 0.642. The highest BCUT2D eigenvalue weighted by molar-refractivity contribution is 6.30. The van der Waals surface area contributed by atoms with Crippen LogP contribution in [0.3, 0.4) is 0 Å². The Morgan fingerprint density at radius 3 is 2.58 bits per heavy atom. The topological polar surface area (TPSA) is 59.9 Å². The number of nitrogens with one attached hydrogen (secondary N) is 1. The molecule has 1 atom stereocenters. The van der Waals surface area contributed by atoms with Gasteiger partial charge in [-0.15, -0.1) is 0 Å². The van der Waals surface area contributed by atoms with Crippen molar-refractivity contribution in [1.82, 2.24) is 5.43 Å². The van der Waals surface area contributed by atoms with E-state index in [-0.39, 0.29) is 5.91 Å². The summed E-state index contributed by atoms with van der Waals surface area (Å²) in [5, 5.41) is 4.56. The van der Waals surface area contributed by atoms with Gasteiger partial charge in [-0.25, -0.2) is 5.43 Å². The Bertz CT molecular complexity index is 730. The second-order valence-corrected chi connectivity index (χ2v) is 5.61. The van der Waals surface area contributed by atoms with Crippen molar-refractivity contribution >= 4 is 23.7 Å². The van der Waals surface area contributed by atoms with Crippen LogP contribution in [0, 0.1) is 6.92 Å². The number of benzene rings is 2. The molecule has 0 heterocycles. The van der Waals surface area contributed by atoms with Crippen molar-refractivity contribution in [3.05, 3.63) is 58.6 Å². The molecule has 0 fully saturated rings. The molecule has 0 spiro atoms. The average Bonchev–Trinajstić information content (AvgIpc) is 2.57. The maximum Gasteiger partial charge on any atom is 0.280 e. The maximum absolute atomic E-state index is 12.0. The number of hydrogen-bond donors (Lipinski definition) is 1. The van der Waals surface area contributed by atoms with Crippen LogP contribution >= 0.6 is 11.6 Å². The van der Waals surface area contributed by atoms with E-state index in [9.17, 15) is 4.79 Å². The summed E-state index contributed by atoms with van der Waals surface area (Å²) in [6.45, 7) is 3.53. The molecular weight excluding hydrogens is 328 g/mol. The fourth-order valence-electron chi connectivity index (χ4n) is 1.94. The van der Waals surface area contributed by atoms with Crippen LogP contribution in [0.4, 0.5) is 0 Å². The van der Waals surface area contributed by atoms with Gasteiger partial charge in [-0.05, 0) is 67.4 Å². The summed E-state index contributed by atoms with van der Waals surface area (Å²) in [7, 11) is 1.60. The number of halogens is 1. The highest BCUT2D eigenvalue weighted by Gasteiger charge is 2.15. The Kier molecular flexibility index (Phi) is 6.21. The number of aryl methyl sites for hydroxylation is 1. The summed E-state index contributed by atoms with van der Waals surface area (Å²) >= 11 is 5.90. The zero-order valence-electron chi connectivity index (χ0n) is 13.7. The molecule has 1 amide bonds. The van der Waals surface area contributed by atoms with Crippen LogP contribution in [-0.4, -0.2) is 25.3 Å². The van der Waals surface area contributed by atoms with Gasteiger partial charge >= 0.3 is 0 Å². The summed E-state index contributed by atoms with van der Waals surface area (Å²) in [6.07, 6.45) is 0.871. The Hall–Kier alpha value is -2.53. The fourth-order valence-corrected chi connectivity index (χ4v) is 2.17. The van der Waals surface area contributed by atoms with E-state index in [0.29, 0.717) is 10.8 Å². The summed E-state index contributed by atoms with van der Waals surface area (Å²) in [5.74, 6) is 1.03. The van der Waals surface area contributed by atoms with Crippen LogP contribution in [0.2, 0.25) is 5.02 Å². The summed E-state index contributed by atoms with van der Waals surface area (Å²) in [4.78, 5) is 12.0. The first-order chi connectivity index (χ1) is 11.5. The molecule has 1 N–H and O–H groups in total. The first-order valence-electron chi connectivity index (χ1n) is 7.39. The third-order valence-corrected chi connectivity index (χ3v) is 3.55. The van der Waals surface area contributed by atoms with Gasteiger partial charge in [0.2, 0.25) is 0 Å². The molecule has 0 aliphatic heterocycles. The van der Waals surface area contributed by atoms with E-state index in [1.807, 2.05) is 31.2 Å². The normalized spacial score (nSPS) is 12.0. The minimum Gasteiger partial charge on any atom is -0.497 e. The molecular formula is C18H19ClN2O3. The molecule has 0 bridgehead atoms. The number of carbonyl (C=O) groups is 1. The first-order valence-corrected chi connectivity index (χ1v) is 7.77. The number of methoxy groups -OCH3 is 1. The van der Waals surface area contributed by atoms with Crippen molar-refractivity contribution < 1.29 is 14.3 Å². The lowest BCUT2D eigenvalue weighted by Gasteiger charge is -2.14. The van der Waals surface area contributed by atoms with Crippen LogP contribution in [0.15, 0.2) is 47.6 Å². The predicted molar refractivity (Wildman–Crippen MR) is 95.0 cm³/mol. The zero-order chi connectivity index (χ0) is 17.5. The Morgan fingerprint density at radius 2 is 1.96 bits per heavy atom. The van der Waals surface area contributed by atoms with Gasteiger partial charge in [-0.3, -0.25) is 4.79 Å². The molecule has 0 aliphatic carbocycles. The van der Waals surface area contributed by atoms with E-state index in [4.69, 9.17) is 21.1 Å². The SMILES string of the molecule is COc1ccc(C=NNC(=O)C(C)Oc2ccc(Cl)cc2C)cc1. The molecule has 0 saturated heterocycles. The summed E-state index contributed by atoms with van der Waals surface area (Å²) in [6, 6.07) is 12.6. The number of rotatable bonds is 6. The van der Waals surface area contributed by atoms with E-state index >= 15 is 0 Å². The number of hydrogen-bond acceptors (Lipinski definition) is 4. The van der Waals surface area contributed by atoms with Crippen molar-refractivity contribution in [2.24, 2.45) is 5.10 Å². The molecule has 0 saturated carbocycles. The van der Waals surface area contributed by atoms with E-state index in [1.54, 1.807) is 38.4 Å². The van der Waals surface area contributed by atoms with Gasteiger partial charge in [0.05, 0.1) is 13.3 Å². The van der Waals surface area contributed by atoms with Crippen LogP contribution in [0.25, 0.3) is 0 Å². The third kappa shape index (κ3) is 4.99. The molecule has 0 aliphatic rings. The number of amides is 1.